The standard InChI is InChI=1S/C16H13Cl2IN2O3/c17-11-4-1-8(5-12(11)18)6-14(16(23)24)21-15(22)10-3-2-9(19)7-13(10)20/h1-5,7,14H,6,20H2,(H,21,22)(H,23,24)/t14-/m0/s1. The summed E-state index contributed by atoms with van der Waals surface area (Å²) in [6.07, 6.45) is 0.0717. The number of hydrogen-bond acceptors (Lipinski definition) is 3. The molecule has 1 amide bonds. The molecule has 0 saturated carbocycles. The highest BCUT2D eigenvalue weighted by Gasteiger charge is 2.22. The van der Waals surface area contributed by atoms with Crippen molar-refractivity contribution in [3.05, 3.63) is 61.1 Å². The molecule has 24 heavy (non-hydrogen) atoms. The molecule has 0 spiro atoms. The van der Waals surface area contributed by atoms with E-state index in [1.807, 2.05) is 0 Å². The first-order valence-electron chi connectivity index (χ1n) is 6.80. The number of amides is 1. The average Bonchev–Trinajstić information content (AvgIpc) is 2.50. The summed E-state index contributed by atoms with van der Waals surface area (Å²) >= 11 is 13.8. The van der Waals surface area contributed by atoms with Crippen LogP contribution in [0.25, 0.3) is 0 Å². The van der Waals surface area contributed by atoms with Gasteiger partial charge in [-0.25, -0.2) is 4.79 Å². The molecule has 0 aliphatic rings. The quantitative estimate of drug-likeness (QED) is 0.452. The Morgan fingerprint density at radius 3 is 2.46 bits per heavy atom. The lowest BCUT2D eigenvalue weighted by Gasteiger charge is -2.16. The molecule has 0 heterocycles. The molecule has 0 bridgehead atoms. The fourth-order valence-electron chi connectivity index (χ4n) is 2.08. The first-order valence-corrected chi connectivity index (χ1v) is 8.64. The molecule has 0 radical (unpaired) electrons. The van der Waals surface area contributed by atoms with Gasteiger partial charge < -0.3 is 16.2 Å². The van der Waals surface area contributed by atoms with Gasteiger partial charge in [0.25, 0.3) is 5.91 Å². The summed E-state index contributed by atoms with van der Waals surface area (Å²) < 4.78 is 0.882. The highest BCUT2D eigenvalue weighted by Crippen LogP contribution is 2.23. The van der Waals surface area contributed by atoms with Crippen molar-refractivity contribution in [2.24, 2.45) is 0 Å². The Morgan fingerprint density at radius 1 is 1.17 bits per heavy atom. The second kappa shape index (κ2) is 8.04. The summed E-state index contributed by atoms with van der Waals surface area (Å²) in [4.78, 5) is 23.8. The predicted molar refractivity (Wildman–Crippen MR) is 103 cm³/mol. The van der Waals surface area contributed by atoms with Crippen LogP contribution in [-0.4, -0.2) is 23.0 Å². The first kappa shape index (κ1) is 18.8. The van der Waals surface area contributed by atoms with E-state index in [0.29, 0.717) is 15.6 Å². The third kappa shape index (κ3) is 4.75. The van der Waals surface area contributed by atoms with Crippen molar-refractivity contribution >= 4 is 63.4 Å². The van der Waals surface area contributed by atoms with E-state index in [1.165, 1.54) is 0 Å². The molecule has 5 nitrogen and oxygen atoms in total. The molecule has 0 aromatic heterocycles. The van der Waals surface area contributed by atoms with Crippen LogP contribution in [0, 0.1) is 3.57 Å². The van der Waals surface area contributed by atoms with E-state index in [0.717, 1.165) is 3.57 Å². The van der Waals surface area contributed by atoms with E-state index < -0.39 is 17.9 Å². The number of anilines is 1. The largest absolute Gasteiger partial charge is 0.480 e. The zero-order chi connectivity index (χ0) is 17.9. The van der Waals surface area contributed by atoms with Gasteiger partial charge in [0, 0.05) is 15.7 Å². The van der Waals surface area contributed by atoms with E-state index in [2.05, 4.69) is 27.9 Å². The number of nitrogen functional groups attached to an aromatic ring is 1. The van der Waals surface area contributed by atoms with Gasteiger partial charge in [-0.05, 0) is 58.5 Å². The second-order valence-corrected chi connectivity index (χ2v) is 7.11. The maximum atomic E-state index is 12.3. The molecular weight excluding hydrogens is 466 g/mol. The number of aliphatic carboxylic acids is 1. The van der Waals surface area contributed by atoms with Crippen LogP contribution in [0.1, 0.15) is 15.9 Å². The predicted octanol–water partition coefficient (Wildman–Crippen LogP) is 3.61. The normalized spacial score (nSPS) is 11.8. The molecule has 126 valence electrons. The Kier molecular flexibility index (Phi) is 6.31. The Bertz CT molecular complexity index is 799. The number of carboxylic acids is 1. The minimum Gasteiger partial charge on any atom is -0.480 e. The van der Waals surface area contributed by atoms with Gasteiger partial charge in [0.05, 0.1) is 15.6 Å². The average molecular weight is 479 g/mol. The molecule has 2 aromatic carbocycles. The van der Waals surface area contributed by atoms with Gasteiger partial charge in [0.1, 0.15) is 6.04 Å². The molecule has 0 aliphatic carbocycles. The number of benzene rings is 2. The lowest BCUT2D eigenvalue weighted by Crippen LogP contribution is -2.42. The molecule has 8 heteroatoms. The minimum atomic E-state index is -1.15. The van der Waals surface area contributed by atoms with Gasteiger partial charge in [-0.3, -0.25) is 4.79 Å². The molecular formula is C16H13Cl2IN2O3. The highest BCUT2D eigenvalue weighted by atomic mass is 127. The zero-order valence-electron chi connectivity index (χ0n) is 12.2. The SMILES string of the molecule is Nc1cc(I)ccc1C(=O)N[C@@H](Cc1ccc(Cl)c(Cl)c1)C(=O)O. The van der Waals surface area contributed by atoms with Gasteiger partial charge in [-0.1, -0.05) is 29.3 Å². The van der Waals surface area contributed by atoms with Crippen molar-refractivity contribution in [2.75, 3.05) is 5.73 Å². The van der Waals surface area contributed by atoms with Crippen molar-refractivity contribution in [1.29, 1.82) is 0 Å². The van der Waals surface area contributed by atoms with Crippen molar-refractivity contribution in [2.45, 2.75) is 12.5 Å². The summed E-state index contributed by atoms with van der Waals surface area (Å²) in [6.45, 7) is 0. The molecule has 2 rings (SSSR count). The molecule has 4 N–H and O–H groups in total. The molecule has 0 unspecified atom stereocenters. The number of halogens is 3. The number of carboxylic acid groups (broad SMARTS) is 1. The van der Waals surface area contributed by atoms with Crippen molar-refractivity contribution in [1.82, 2.24) is 5.32 Å². The fourth-order valence-corrected chi connectivity index (χ4v) is 2.91. The second-order valence-electron chi connectivity index (χ2n) is 5.05. The summed E-state index contributed by atoms with van der Waals surface area (Å²) in [5.41, 5.74) is 6.99. The van der Waals surface area contributed by atoms with E-state index in [-0.39, 0.29) is 17.7 Å². The summed E-state index contributed by atoms with van der Waals surface area (Å²) in [7, 11) is 0. The summed E-state index contributed by atoms with van der Waals surface area (Å²) in [5.74, 6) is -1.70. The molecule has 0 aliphatic heterocycles. The monoisotopic (exact) mass is 478 g/mol. The lowest BCUT2D eigenvalue weighted by molar-refractivity contribution is -0.139. The van der Waals surface area contributed by atoms with Gasteiger partial charge in [-0.15, -0.1) is 0 Å². The summed E-state index contributed by atoms with van der Waals surface area (Å²) in [6, 6.07) is 8.63. The smallest absolute Gasteiger partial charge is 0.326 e. The van der Waals surface area contributed by atoms with Gasteiger partial charge >= 0.3 is 5.97 Å². The van der Waals surface area contributed by atoms with Crippen LogP contribution in [0.5, 0.6) is 0 Å². The molecule has 0 fully saturated rings. The number of hydrogen-bond donors (Lipinski definition) is 3. The number of nitrogens with two attached hydrogens (primary N) is 1. The van der Waals surface area contributed by atoms with Crippen LogP contribution in [-0.2, 0) is 11.2 Å². The van der Waals surface area contributed by atoms with Crippen molar-refractivity contribution in [3.63, 3.8) is 0 Å². The molecule has 2 aromatic rings. The van der Waals surface area contributed by atoms with E-state index in [1.54, 1.807) is 36.4 Å². The van der Waals surface area contributed by atoms with Crippen LogP contribution < -0.4 is 11.1 Å². The van der Waals surface area contributed by atoms with E-state index in [4.69, 9.17) is 28.9 Å². The Labute approximate surface area is 162 Å². The van der Waals surface area contributed by atoms with Crippen LogP contribution in [0.3, 0.4) is 0 Å². The van der Waals surface area contributed by atoms with Crippen LogP contribution in [0.4, 0.5) is 5.69 Å². The number of nitrogens with one attached hydrogen (secondary N) is 1. The Hall–Kier alpha value is -1.51. The summed E-state index contributed by atoms with van der Waals surface area (Å²) in [5, 5.41) is 12.5. The van der Waals surface area contributed by atoms with Crippen molar-refractivity contribution in [3.8, 4) is 0 Å². The van der Waals surface area contributed by atoms with E-state index in [9.17, 15) is 14.7 Å². The third-order valence-corrected chi connectivity index (χ3v) is 4.70. The van der Waals surface area contributed by atoms with Crippen LogP contribution in [0.15, 0.2) is 36.4 Å². The number of carbonyl (C=O) groups is 2. The van der Waals surface area contributed by atoms with Crippen molar-refractivity contribution < 1.29 is 14.7 Å². The zero-order valence-corrected chi connectivity index (χ0v) is 15.9. The maximum absolute atomic E-state index is 12.3. The molecule has 0 saturated heterocycles. The van der Waals surface area contributed by atoms with E-state index >= 15 is 0 Å². The first-order chi connectivity index (χ1) is 11.3. The van der Waals surface area contributed by atoms with Gasteiger partial charge in [-0.2, -0.15) is 0 Å². The maximum Gasteiger partial charge on any atom is 0.326 e. The highest BCUT2D eigenvalue weighted by molar-refractivity contribution is 14.1. The number of carbonyl (C=O) groups excluding carboxylic acids is 1. The van der Waals surface area contributed by atoms with Gasteiger partial charge in [0.2, 0.25) is 0 Å². The Balaban J connectivity index is 2.17. The Morgan fingerprint density at radius 2 is 1.88 bits per heavy atom. The number of rotatable bonds is 5. The topological polar surface area (TPSA) is 92.4 Å². The molecule has 1 atom stereocenters. The van der Waals surface area contributed by atoms with Crippen LogP contribution in [0.2, 0.25) is 10.0 Å². The minimum absolute atomic E-state index is 0.0717. The van der Waals surface area contributed by atoms with Crippen LogP contribution >= 0.6 is 45.8 Å². The lowest BCUT2D eigenvalue weighted by atomic mass is 10.1. The third-order valence-electron chi connectivity index (χ3n) is 3.29. The van der Waals surface area contributed by atoms with Gasteiger partial charge in [0.15, 0.2) is 0 Å². The fraction of sp³-hybridized carbons (Fsp3) is 0.125.